The van der Waals surface area contributed by atoms with Gasteiger partial charge in [-0.2, -0.15) is 4.98 Å². The summed E-state index contributed by atoms with van der Waals surface area (Å²) in [6.07, 6.45) is 2.68. The number of benzene rings is 1. The van der Waals surface area contributed by atoms with E-state index in [0.717, 1.165) is 6.20 Å². The van der Waals surface area contributed by atoms with Gasteiger partial charge in [-0.1, -0.05) is 0 Å². The molecule has 1 aliphatic heterocycles. The van der Waals surface area contributed by atoms with Crippen molar-refractivity contribution in [1.82, 2.24) is 9.97 Å². The molecule has 0 amide bonds. The van der Waals surface area contributed by atoms with Crippen LogP contribution in [0.2, 0.25) is 0 Å². The first-order valence-electron chi connectivity index (χ1n) is 5.57. The Morgan fingerprint density at radius 3 is 3.16 bits per heavy atom. The SMILES string of the molecule is Nc1ncc(F)c(Nc2ccc3c(c2)N=CCO3)n1. The highest BCUT2D eigenvalue weighted by molar-refractivity contribution is 5.74. The standard InChI is InChI=1S/C12H10FN5O/c13-8-6-16-12(14)18-11(8)17-7-1-2-10-9(5-7)15-3-4-19-10/h1-3,5-6H,4H2,(H3,14,16,17,18). The zero-order valence-electron chi connectivity index (χ0n) is 9.80. The van der Waals surface area contributed by atoms with E-state index in [0.29, 0.717) is 23.7 Å². The monoisotopic (exact) mass is 259 g/mol. The number of aromatic nitrogens is 2. The van der Waals surface area contributed by atoms with Crippen LogP contribution in [0, 0.1) is 5.82 Å². The van der Waals surface area contributed by atoms with Crippen LogP contribution in [0.1, 0.15) is 0 Å². The predicted octanol–water partition coefficient (Wildman–Crippen LogP) is 2.04. The van der Waals surface area contributed by atoms with Crippen molar-refractivity contribution in [2.24, 2.45) is 4.99 Å². The molecule has 0 saturated carbocycles. The van der Waals surface area contributed by atoms with Crippen molar-refractivity contribution in [2.45, 2.75) is 0 Å². The van der Waals surface area contributed by atoms with Crippen LogP contribution < -0.4 is 15.8 Å². The summed E-state index contributed by atoms with van der Waals surface area (Å²) in [4.78, 5) is 11.5. The maximum atomic E-state index is 13.5. The van der Waals surface area contributed by atoms with E-state index in [4.69, 9.17) is 10.5 Å². The first kappa shape index (κ1) is 11.4. The van der Waals surface area contributed by atoms with Gasteiger partial charge in [0.15, 0.2) is 11.6 Å². The van der Waals surface area contributed by atoms with Crippen LogP contribution in [0.15, 0.2) is 29.4 Å². The van der Waals surface area contributed by atoms with Gasteiger partial charge < -0.3 is 15.8 Å². The molecular formula is C12H10FN5O. The second kappa shape index (κ2) is 4.52. The van der Waals surface area contributed by atoms with Gasteiger partial charge in [0.1, 0.15) is 18.0 Å². The lowest BCUT2D eigenvalue weighted by molar-refractivity contribution is 0.377. The van der Waals surface area contributed by atoms with Crippen molar-refractivity contribution in [3.8, 4) is 5.75 Å². The number of rotatable bonds is 2. The summed E-state index contributed by atoms with van der Waals surface area (Å²) in [5, 5.41) is 2.83. The van der Waals surface area contributed by atoms with Gasteiger partial charge in [0.05, 0.1) is 6.20 Å². The van der Waals surface area contributed by atoms with Crippen LogP contribution in [0.25, 0.3) is 0 Å². The Morgan fingerprint density at radius 1 is 1.37 bits per heavy atom. The fraction of sp³-hybridized carbons (Fsp3) is 0.0833. The maximum Gasteiger partial charge on any atom is 0.222 e. The molecule has 1 aromatic heterocycles. The molecule has 1 aromatic carbocycles. The highest BCUT2D eigenvalue weighted by atomic mass is 19.1. The van der Waals surface area contributed by atoms with Crippen LogP contribution in [0.4, 0.5) is 27.5 Å². The number of nitrogens with two attached hydrogens (primary N) is 1. The lowest BCUT2D eigenvalue weighted by Gasteiger charge is -2.13. The molecule has 2 heterocycles. The predicted molar refractivity (Wildman–Crippen MR) is 69.8 cm³/mol. The van der Waals surface area contributed by atoms with Crippen LogP contribution >= 0.6 is 0 Å². The number of aliphatic imine (C=N–C) groups is 1. The van der Waals surface area contributed by atoms with Crippen molar-refractivity contribution in [1.29, 1.82) is 0 Å². The molecule has 0 spiro atoms. The molecule has 0 unspecified atom stereocenters. The summed E-state index contributed by atoms with van der Waals surface area (Å²) in [7, 11) is 0. The summed E-state index contributed by atoms with van der Waals surface area (Å²) in [5.41, 5.74) is 6.74. The number of hydrogen-bond acceptors (Lipinski definition) is 6. The van der Waals surface area contributed by atoms with E-state index in [9.17, 15) is 4.39 Å². The number of ether oxygens (including phenoxy) is 1. The molecule has 1 aliphatic rings. The molecule has 0 bridgehead atoms. The molecule has 19 heavy (non-hydrogen) atoms. The summed E-state index contributed by atoms with van der Waals surface area (Å²) < 4.78 is 18.9. The molecule has 96 valence electrons. The Morgan fingerprint density at radius 2 is 2.26 bits per heavy atom. The average molecular weight is 259 g/mol. The lowest BCUT2D eigenvalue weighted by atomic mass is 10.2. The van der Waals surface area contributed by atoms with Crippen molar-refractivity contribution in [3.05, 3.63) is 30.2 Å². The lowest BCUT2D eigenvalue weighted by Crippen LogP contribution is -2.04. The highest BCUT2D eigenvalue weighted by Crippen LogP contribution is 2.33. The van der Waals surface area contributed by atoms with Gasteiger partial charge in [-0.05, 0) is 18.2 Å². The van der Waals surface area contributed by atoms with E-state index in [-0.39, 0.29) is 11.8 Å². The van der Waals surface area contributed by atoms with Crippen molar-refractivity contribution < 1.29 is 9.13 Å². The van der Waals surface area contributed by atoms with Crippen LogP contribution in [0.3, 0.4) is 0 Å². The zero-order valence-corrected chi connectivity index (χ0v) is 9.80. The number of anilines is 3. The Hall–Kier alpha value is -2.70. The largest absolute Gasteiger partial charge is 0.486 e. The van der Waals surface area contributed by atoms with Crippen LogP contribution in [-0.4, -0.2) is 22.8 Å². The molecule has 0 atom stereocenters. The quantitative estimate of drug-likeness (QED) is 0.861. The molecule has 3 N–H and O–H groups in total. The number of hydrogen-bond donors (Lipinski definition) is 2. The second-order valence-electron chi connectivity index (χ2n) is 3.85. The first-order valence-corrected chi connectivity index (χ1v) is 5.57. The van der Waals surface area contributed by atoms with Crippen LogP contribution in [-0.2, 0) is 0 Å². The molecule has 0 aliphatic carbocycles. The van der Waals surface area contributed by atoms with E-state index >= 15 is 0 Å². The van der Waals surface area contributed by atoms with Gasteiger partial charge in [-0.3, -0.25) is 4.99 Å². The van der Waals surface area contributed by atoms with Crippen LogP contribution in [0.5, 0.6) is 5.75 Å². The fourth-order valence-corrected chi connectivity index (χ4v) is 1.69. The first-order chi connectivity index (χ1) is 9.22. The van der Waals surface area contributed by atoms with E-state index in [1.165, 1.54) is 0 Å². The molecule has 6 nitrogen and oxygen atoms in total. The number of nitrogens with one attached hydrogen (secondary N) is 1. The molecule has 7 heteroatoms. The Kier molecular flexibility index (Phi) is 2.71. The maximum absolute atomic E-state index is 13.5. The minimum absolute atomic E-state index is 0.00298. The van der Waals surface area contributed by atoms with Gasteiger partial charge >= 0.3 is 0 Å². The number of nitrogens with zero attached hydrogens (tertiary/aromatic N) is 3. The van der Waals surface area contributed by atoms with Gasteiger partial charge in [0, 0.05) is 11.9 Å². The number of fused-ring (bicyclic) bond motifs is 1. The highest BCUT2D eigenvalue weighted by Gasteiger charge is 2.10. The van der Waals surface area contributed by atoms with E-state index in [1.54, 1.807) is 24.4 Å². The molecule has 0 radical (unpaired) electrons. The van der Waals surface area contributed by atoms with Gasteiger partial charge in [0.2, 0.25) is 5.95 Å². The van der Waals surface area contributed by atoms with Crippen molar-refractivity contribution >= 4 is 29.4 Å². The van der Waals surface area contributed by atoms with E-state index in [1.807, 2.05) is 0 Å². The van der Waals surface area contributed by atoms with Gasteiger partial charge in [-0.15, -0.1) is 0 Å². The third-order valence-corrected chi connectivity index (χ3v) is 2.53. The van der Waals surface area contributed by atoms with Gasteiger partial charge in [0.25, 0.3) is 0 Å². The summed E-state index contributed by atoms with van der Waals surface area (Å²) >= 11 is 0. The molecule has 2 aromatic rings. The molecule has 3 rings (SSSR count). The Bertz CT molecular complexity index is 659. The third kappa shape index (κ3) is 2.30. The topological polar surface area (TPSA) is 85.4 Å². The smallest absolute Gasteiger partial charge is 0.222 e. The minimum atomic E-state index is -0.577. The second-order valence-corrected chi connectivity index (χ2v) is 3.85. The molecule has 0 fully saturated rings. The van der Waals surface area contributed by atoms with Crippen molar-refractivity contribution in [3.63, 3.8) is 0 Å². The molecule has 0 saturated heterocycles. The number of nitrogen functional groups attached to an aromatic ring is 1. The summed E-state index contributed by atoms with van der Waals surface area (Å²) in [6, 6.07) is 5.25. The molecular weight excluding hydrogens is 249 g/mol. The third-order valence-electron chi connectivity index (χ3n) is 2.53. The normalized spacial score (nSPS) is 12.7. The van der Waals surface area contributed by atoms with E-state index < -0.39 is 5.82 Å². The summed E-state index contributed by atoms with van der Waals surface area (Å²) in [6.45, 7) is 0.455. The zero-order chi connectivity index (χ0) is 13.2. The Balaban J connectivity index is 1.92. The minimum Gasteiger partial charge on any atom is -0.486 e. The van der Waals surface area contributed by atoms with Gasteiger partial charge in [-0.25, -0.2) is 9.37 Å². The number of halogens is 1. The average Bonchev–Trinajstić information content (AvgIpc) is 2.43. The van der Waals surface area contributed by atoms with Crippen molar-refractivity contribution in [2.75, 3.05) is 17.7 Å². The summed E-state index contributed by atoms with van der Waals surface area (Å²) in [5.74, 6) is 0.138. The van der Waals surface area contributed by atoms with E-state index in [2.05, 4.69) is 20.3 Å². The Labute approximate surface area is 108 Å². The fourth-order valence-electron chi connectivity index (χ4n) is 1.69.